The van der Waals surface area contributed by atoms with Crippen molar-refractivity contribution in [1.29, 1.82) is 0 Å². The number of aromatic nitrogens is 2. The van der Waals surface area contributed by atoms with E-state index in [0.29, 0.717) is 69.1 Å². The maximum absolute atomic E-state index is 14.0. The first-order valence-electron chi connectivity index (χ1n) is 16.1. The molecule has 0 bridgehead atoms. The van der Waals surface area contributed by atoms with Gasteiger partial charge in [-0.2, -0.15) is 18.3 Å². The van der Waals surface area contributed by atoms with Gasteiger partial charge < -0.3 is 25.3 Å². The molecule has 0 unspecified atom stereocenters. The number of alkyl halides is 4. The highest BCUT2D eigenvalue weighted by Crippen LogP contribution is 2.40. The van der Waals surface area contributed by atoms with Crippen molar-refractivity contribution in [2.75, 3.05) is 69.6 Å². The van der Waals surface area contributed by atoms with Crippen LogP contribution in [0.3, 0.4) is 0 Å². The number of fused-ring (bicyclic) bond motifs is 1. The Balaban J connectivity index is 1.13. The molecule has 3 aliphatic rings. The molecule has 13 heteroatoms. The summed E-state index contributed by atoms with van der Waals surface area (Å²) in [5.74, 6) is 0.719. The van der Waals surface area contributed by atoms with Crippen molar-refractivity contribution in [2.24, 2.45) is 0 Å². The Morgan fingerprint density at radius 2 is 1.76 bits per heavy atom. The smallest absolute Gasteiger partial charge is 0.417 e. The van der Waals surface area contributed by atoms with Crippen LogP contribution in [0.2, 0.25) is 0 Å². The molecule has 4 heterocycles. The average Bonchev–Trinajstić information content (AvgIpc) is 3.40. The summed E-state index contributed by atoms with van der Waals surface area (Å²) in [5.41, 5.74) is 3.57. The number of aromatic hydroxyl groups is 1. The quantitative estimate of drug-likeness (QED) is 0.215. The number of benzene rings is 2. The van der Waals surface area contributed by atoms with Gasteiger partial charge in [0, 0.05) is 111 Å². The molecular weight excluding hydrogens is 620 g/mol. The van der Waals surface area contributed by atoms with Gasteiger partial charge >= 0.3 is 6.18 Å². The largest absolute Gasteiger partial charge is 0.508 e. The van der Waals surface area contributed by atoms with E-state index in [2.05, 4.69) is 20.0 Å². The lowest BCUT2D eigenvalue weighted by Gasteiger charge is -2.37. The number of phenolic OH excluding ortho intramolecular Hbond substituents is 1. The van der Waals surface area contributed by atoms with E-state index >= 15 is 0 Å². The summed E-state index contributed by atoms with van der Waals surface area (Å²) < 4.78 is 57.4. The van der Waals surface area contributed by atoms with Crippen LogP contribution < -0.4 is 10.2 Å². The number of piperidine rings is 1. The highest BCUT2D eigenvalue weighted by molar-refractivity contribution is 7.99. The summed E-state index contributed by atoms with van der Waals surface area (Å²) in [7, 11) is 0. The zero-order valence-corrected chi connectivity index (χ0v) is 26.7. The number of nitrogens with one attached hydrogen (secondary N) is 1. The van der Waals surface area contributed by atoms with E-state index < -0.39 is 24.0 Å². The number of aliphatic hydroxyl groups is 1. The number of likely N-dealkylation sites (tertiary alicyclic amines) is 1. The number of β-amino-alcohol motifs (C(OH)–C–C–N with tert-alkyl or cyclic N) is 1. The number of thioether (sulfide) groups is 1. The van der Waals surface area contributed by atoms with Crippen LogP contribution in [0.5, 0.6) is 5.75 Å². The molecule has 3 aromatic rings. The van der Waals surface area contributed by atoms with Crippen molar-refractivity contribution < 1.29 is 27.8 Å². The van der Waals surface area contributed by atoms with Gasteiger partial charge in [-0.05, 0) is 37.1 Å². The second-order valence-electron chi connectivity index (χ2n) is 12.4. The molecule has 0 saturated carbocycles. The maximum atomic E-state index is 14.0. The van der Waals surface area contributed by atoms with Crippen LogP contribution in [0.15, 0.2) is 47.4 Å². The lowest BCUT2D eigenvalue weighted by Crippen LogP contribution is -2.49. The number of aliphatic hydroxyl groups excluding tert-OH is 1. The number of rotatable bonds is 10. The molecule has 0 aliphatic carbocycles. The predicted octanol–water partition coefficient (Wildman–Crippen LogP) is 4.63. The fraction of sp³-hybridized carbons (Fsp3) is 0.545. The second-order valence-corrected chi connectivity index (χ2v) is 13.6. The Bertz CT molecular complexity index is 1470. The van der Waals surface area contributed by atoms with E-state index in [4.69, 9.17) is 5.10 Å². The molecule has 0 spiro atoms. The van der Waals surface area contributed by atoms with Crippen LogP contribution in [0, 0.1) is 0 Å². The Kier molecular flexibility index (Phi) is 10.4. The predicted molar refractivity (Wildman–Crippen MR) is 172 cm³/mol. The first kappa shape index (κ1) is 33.1. The van der Waals surface area contributed by atoms with Gasteiger partial charge in [-0.25, -0.2) is 4.39 Å². The van der Waals surface area contributed by atoms with Crippen LogP contribution >= 0.6 is 11.8 Å². The molecule has 8 nitrogen and oxygen atoms in total. The van der Waals surface area contributed by atoms with E-state index in [0.717, 1.165) is 62.2 Å². The standard InChI is InChI=1S/C33H42F4N6O2S/c34-24-7-10-40(11-8-24)16-17-46-31-18-23(4-5-29(31)33(35,36)37)32-28-20-38-9-6-30(28)43(39-32)22-27(45)21-41-12-14-42(15-13-41)25-2-1-3-26(44)19-25/h1-5,18-19,24,27,38,44-45H,6-17,20-22H2/t27-/m0/s1. The van der Waals surface area contributed by atoms with Crippen molar-refractivity contribution in [3.05, 3.63) is 59.3 Å². The van der Waals surface area contributed by atoms with Crippen molar-refractivity contribution in [3.63, 3.8) is 0 Å². The van der Waals surface area contributed by atoms with Crippen LogP contribution in [0.4, 0.5) is 23.2 Å². The molecular formula is C33H42F4N6O2S. The maximum Gasteiger partial charge on any atom is 0.417 e. The number of halogens is 4. The van der Waals surface area contributed by atoms with Gasteiger partial charge in [-0.1, -0.05) is 12.1 Å². The topological polar surface area (TPSA) is 80.0 Å². The van der Waals surface area contributed by atoms with Gasteiger partial charge in [0.05, 0.1) is 23.9 Å². The lowest BCUT2D eigenvalue weighted by atomic mass is 10.0. The molecule has 1 aromatic heterocycles. The molecule has 2 saturated heterocycles. The van der Waals surface area contributed by atoms with Crippen molar-refractivity contribution in [1.82, 2.24) is 24.9 Å². The van der Waals surface area contributed by atoms with E-state index in [9.17, 15) is 27.8 Å². The molecule has 0 radical (unpaired) electrons. The van der Waals surface area contributed by atoms with Crippen molar-refractivity contribution >= 4 is 17.4 Å². The third-order valence-electron chi connectivity index (χ3n) is 9.17. The molecule has 1 atom stereocenters. The summed E-state index contributed by atoms with van der Waals surface area (Å²) in [4.78, 5) is 6.73. The Morgan fingerprint density at radius 1 is 0.978 bits per heavy atom. The second kappa shape index (κ2) is 14.5. The third-order valence-corrected chi connectivity index (χ3v) is 10.2. The minimum absolute atomic E-state index is 0.169. The van der Waals surface area contributed by atoms with Crippen molar-refractivity contribution in [3.8, 4) is 17.0 Å². The fourth-order valence-corrected chi connectivity index (χ4v) is 7.79. The third kappa shape index (κ3) is 7.99. The van der Waals surface area contributed by atoms with E-state index in [1.165, 1.54) is 17.8 Å². The Morgan fingerprint density at radius 3 is 2.50 bits per heavy atom. The first-order chi connectivity index (χ1) is 22.1. The minimum atomic E-state index is -4.48. The fourth-order valence-electron chi connectivity index (χ4n) is 6.67. The van der Waals surface area contributed by atoms with Crippen LogP contribution in [0.25, 0.3) is 11.3 Å². The number of phenols is 1. The summed E-state index contributed by atoms with van der Waals surface area (Å²) in [5, 5.41) is 29.2. The Hall–Kier alpha value is -2.84. The van der Waals surface area contributed by atoms with Crippen LogP contribution in [-0.2, 0) is 25.7 Å². The van der Waals surface area contributed by atoms with E-state index in [1.807, 2.05) is 16.8 Å². The van der Waals surface area contributed by atoms with Gasteiger partial charge in [0.1, 0.15) is 11.9 Å². The van der Waals surface area contributed by atoms with Gasteiger partial charge in [-0.3, -0.25) is 9.58 Å². The molecule has 2 aromatic carbocycles. The summed E-state index contributed by atoms with van der Waals surface area (Å²) in [6.07, 6.45) is -4.27. The molecule has 46 heavy (non-hydrogen) atoms. The zero-order valence-electron chi connectivity index (χ0n) is 25.9. The highest BCUT2D eigenvalue weighted by Gasteiger charge is 2.34. The van der Waals surface area contributed by atoms with Gasteiger partial charge in [0.15, 0.2) is 0 Å². The number of nitrogens with zero attached hydrogens (tertiary/aromatic N) is 5. The number of hydrogen-bond acceptors (Lipinski definition) is 8. The van der Waals surface area contributed by atoms with Crippen LogP contribution in [0.1, 0.15) is 29.7 Å². The first-order valence-corrected chi connectivity index (χ1v) is 17.1. The van der Waals surface area contributed by atoms with Crippen LogP contribution in [-0.4, -0.2) is 107 Å². The molecule has 250 valence electrons. The zero-order chi connectivity index (χ0) is 32.3. The van der Waals surface area contributed by atoms with Gasteiger partial charge in [-0.15, -0.1) is 11.8 Å². The van der Waals surface area contributed by atoms with Gasteiger partial charge in [0.25, 0.3) is 0 Å². The van der Waals surface area contributed by atoms with Crippen molar-refractivity contribution in [2.45, 2.75) is 55.7 Å². The minimum Gasteiger partial charge on any atom is -0.508 e. The van der Waals surface area contributed by atoms with Gasteiger partial charge in [0.2, 0.25) is 0 Å². The number of hydrogen-bond donors (Lipinski definition) is 3. The monoisotopic (exact) mass is 662 g/mol. The highest BCUT2D eigenvalue weighted by atomic mass is 32.2. The summed E-state index contributed by atoms with van der Waals surface area (Å²) >= 11 is 1.18. The average molecular weight is 663 g/mol. The summed E-state index contributed by atoms with van der Waals surface area (Å²) in [6.45, 7) is 7.10. The molecule has 2 fully saturated rings. The SMILES string of the molecule is Oc1cccc(N2CCN(C[C@H](O)Cn3nc(-c4ccc(C(F)(F)F)c(SCCN5CCC(F)CC5)c4)c4c3CCNC4)CC2)c1. The lowest BCUT2D eigenvalue weighted by molar-refractivity contribution is -0.139. The number of anilines is 1. The molecule has 0 amide bonds. The molecule has 3 N–H and O–H groups in total. The normalized spacial score (nSPS) is 19.4. The Labute approximate surface area is 271 Å². The summed E-state index contributed by atoms with van der Waals surface area (Å²) in [6, 6.07) is 11.5. The number of piperazine rings is 1. The van der Waals surface area contributed by atoms with E-state index in [-0.39, 0.29) is 10.6 Å². The van der Waals surface area contributed by atoms with E-state index in [1.54, 1.807) is 18.2 Å². The molecule has 6 rings (SSSR count). The molecule has 3 aliphatic heterocycles.